The number of likely N-dealkylation sites (tertiary alicyclic amines) is 1. The Labute approximate surface area is 174 Å². The normalized spacial score (nSPS) is 21.9. The summed E-state index contributed by atoms with van der Waals surface area (Å²) in [6.07, 6.45) is 6.49. The summed E-state index contributed by atoms with van der Waals surface area (Å²) < 4.78 is 5.79. The number of hydrogen-bond donors (Lipinski definition) is 1. The molecule has 1 fully saturated rings. The van der Waals surface area contributed by atoms with Crippen LogP contribution in [0.25, 0.3) is 0 Å². The topological polar surface area (TPSA) is 61.9 Å². The number of ether oxygens (including phenoxy) is 1. The number of para-hydroxylation sites is 2. The monoisotopic (exact) mass is 401 g/mol. The highest BCUT2D eigenvalue weighted by atomic mass is 16.5. The highest BCUT2D eigenvalue weighted by Gasteiger charge is 2.27. The summed E-state index contributed by atoms with van der Waals surface area (Å²) in [4.78, 5) is 29.2. The zero-order chi connectivity index (χ0) is 20.6. The van der Waals surface area contributed by atoms with E-state index in [-0.39, 0.29) is 30.8 Å². The highest BCUT2D eigenvalue weighted by molar-refractivity contribution is 5.97. The van der Waals surface area contributed by atoms with Crippen molar-refractivity contribution in [2.45, 2.75) is 70.9 Å². The second-order valence-electron chi connectivity index (χ2n) is 8.20. The second kappa shape index (κ2) is 10.6. The average molecular weight is 402 g/mol. The van der Waals surface area contributed by atoms with Gasteiger partial charge < -0.3 is 19.9 Å². The van der Waals surface area contributed by atoms with E-state index < -0.39 is 0 Å². The number of carbonyl (C=O) groups is 2. The minimum absolute atomic E-state index is 0.0261. The lowest BCUT2D eigenvalue weighted by atomic mass is 10.00. The van der Waals surface area contributed by atoms with Crippen LogP contribution in [0.5, 0.6) is 5.75 Å². The third-order valence-corrected chi connectivity index (χ3v) is 5.96. The molecule has 2 atom stereocenters. The Morgan fingerprint density at radius 2 is 2.03 bits per heavy atom. The quantitative estimate of drug-likeness (QED) is 0.679. The summed E-state index contributed by atoms with van der Waals surface area (Å²) in [5, 5.41) is 2.98. The zero-order valence-electron chi connectivity index (χ0n) is 17.9. The fraction of sp³-hybridized carbons (Fsp3) is 0.652. The van der Waals surface area contributed by atoms with Crippen molar-refractivity contribution in [1.82, 2.24) is 10.2 Å². The van der Waals surface area contributed by atoms with Gasteiger partial charge >= 0.3 is 0 Å². The molecule has 0 bridgehead atoms. The average Bonchev–Trinajstić information content (AvgIpc) is 2.74. The summed E-state index contributed by atoms with van der Waals surface area (Å²) in [6.45, 7) is 7.63. The number of carbonyl (C=O) groups excluding carboxylic acids is 2. The standard InChI is InChI=1S/C23H35N3O3/c1-3-19-9-6-7-15-25(19)16-8-14-24-22(27)12-13-23(28)26-17-18(2)29-21-11-5-4-10-20(21)26/h4-5,10-11,18-19H,3,6-9,12-17H2,1-2H3,(H,24,27)/t18-,19-/m1/s1. The lowest BCUT2D eigenvalue weighted by Crippen LogP contribution is -2.42. The molecule has 0 aliphatic carbocycles. The van der Waals surface area contributed by atoms with Crippen molar-refractivity contribution in [3.8, 4) is 5.75 Å². The van der Waals surface area contributed by atoms with Crippen LogP contribution < -0.4 is 15.0 Å². The van der Waals surface area contributed by atoms with Crippen molar-refractivity contribution >= 4 is 17.5 Å². The van der Waals surface area contributed by atoms with Gasteiger partial charge in [0.15, 0.2) is 0 Å². The first-order valence-corrected chi connectivity index (χ1v) is 11.1. The summed E-state index contributed by atoms with van der Waals surface area (Å²) in [7, 11) is 0. The van der Waals surface area contributed by atoms with Crippen LogP contribution in [0.3, 0.4) is 0 Å². The molecule has 0 radical (unpaired) electrons. The van der Waals surface area contributed by atoms with E-state index in [0.29, 0.717) is 19.1 Å². The lowest BCUT2D eigenvalue weighted by Gasteiger charge is -2.35. The fourth-order valence-corrected chi connectivity index (χ4v) is 4.40. The van der Waals surface area contributed by atoms with Crippen LogP contribution in [0.15, 0.2) is 24.3 Å². The Morgan fingerprint density at radius 3 is 2.86 bits per heavy atom. The third-order valence-electron chi connectivity index (χ3n) is 5.96. The molecule has 29 heavy (non-hydrogen) atoms. The van der Waals surface area contributed by atoms with Gasteiger partial charge in [-0.15, -0.1) is 0 Å². The van der Waals surface area contributed by atoms with Crippen LogP contribution in [0.1, 0.15) is 58.8 Å². The molecule has 2 aliphatic rings. The predicted molar refractivity (Wildman–Crippen MR) is 115 cm³/mol. The summed E-state index contributed by atoms with van der Waals surface area (Å²) >= 11 is 0. The number of rotatable bonds is 8. The molecule has 0 spiro atoms. The number of nitrogens with one attached hydrogen (secondary N) is 1. The molecule has 2 amide bonds. The van der Waals surface area contributed by atoms with E-state index in [0.717, 1.165) is 24.4 Å². The molecule has 1 saturated heterocycles. The number of amides is 2. The van der Waals surface area contributed by atoms with Gasteiger partial charge in [-0.2, -0.15) is 0 Å². The largest absolute Gasteiger partial charge is 0.487 e. The van der Waals surface area contributed by atoms with E-state index in [9.17, 15) is 9.59 Å². The maximum absolute atomic E-state index is 12.7. The van der Waals surface area contributed by atoms with Crippen LogP contribution in [-0.4, -0.2) is 55.0 Å². The van der Waals surface area contributed by atoms with Gasteiger partial charge in [-0.1, -0.05) is 25.5 Å². The highest BCUT2D eigenvalue weighted by Crippen LogP contribution is 2.33. The number of benzene rings is 1. The van der Waals surface area contributed by atoms with E-state index in [4.69, 9.17) is 4.74 Å². The molecule has 3 rings (SSSR count). The van der Waals surface area contributed by atoms with E-state index in [1.807, 2.05) is 31.2 Å². The van der Waals surface area contributed by atoms with Crippen LogP contribution in [-0.2, 0) is 9.59 Å². The van der Waals surface area contributed by atoms with Gasteiger partial charge in [0.1, 0.15) is 11.9 Å². The molecule has 160 valence electrons. The van der Waals surface area contributed by atoms with Gasteiger partial charge in [0, 0.05) is 32.0 Å². The molecule has 1 aromatic carbocycles. The Morgan fingerprint density at radius 1 is 1.21 bits per heavy atom. The smallest absolute Gasteiger partial charge is 0.227 e. The van der Waals surface area contributed by atoms with Gasteiger partial charge in [-0.3, -0.25) is 9.59 Å². The van der Waals surface area contributed by atoms with Crippen LogP contribution in [0.2, 0.25) is 0 Å². The van der Waals surface area contributed by atoms with Crippen LogP contribution >= 0.6 is 0 Å². The number of anilines is 1. The Kier molecular flexibility index (Phi) is 7.92. The number of nitrogens with zero attached hydrogens (tertiary/aromatic N) is 2. The maximum Gasteiger partial charge on any atom is 0.227 e. The molecule has 1 aromatic rings. The molecule has 0 unspecified atom stereocenters. The molecule has 0 aromatic heterocycles. The first-order valence-electron chi connectivity index (χ1n) is 11.1. The molecular formula is C23H35N3O3. The molecule has 6 nitrogen and oxygen atoms in total. The van der Waals surface area contributed by atoms with Crippen molar-refractivity contribution in [2.24, 2.45) is 0 Å². The van der Waals surface area contributed by atoms with Gasteiger partial charge in [0.2, 0.25) is 11.8 Å². The van der Waals surface area contributed by atoms with Gasteiger partial charge in [-0.05, 0) is 51.3 Å². The number of fused-ring (bicyclic) bond motifs is 1. The van der Waals surface area contributed by atoms with E-state index in [1.54, 1.807) is 4.90 Å². The molecular weight excluding hydrogens is 366 g/mol. The van der Waals surface area contributed by atoms with Crippen LogP contribution in [0.4, 0.5) is 5.69 Å². The van der Waals surface area contributed by atoms with Crippen molar-refractivity contribution in [1.29, 1.82) is 0 Å². The first-order chi connectivity index (χ1) is 14.1. The Hall–Kier alpha value is -2.08. The van der Waals surface area contributed by atoms with Gasteiger partial charge in [-0.25, -0.2) is 0 Å². The summed E-state index contributed by atoms with van der Waals surface area (Å²) in [5.74, 6) is 0.660. The van der Waals surface area contributed by atoms with Crippen molar-refractivity contribution in [2.75, 3.05) is 31.1 Å². The summed E-state index contributed by atoms with van der Waals surface area (Å²) in [5.41, 5.74) is 0.794. The van der Waals surface area contributed by atoms with Crippen molar-refractivity contribution in [3.63, 3.8) is 0 Å². The lowest BCUT2D eigenvalue weighted by molar-refractivity contribution is -0.125. The van der Waals surface area contributed by atoms with Crippen molar-refractivity contribution in [3.05, 3.63) is 24.3 Å². The Balaban J connectivity index is 1.38. The third kappa shape index (κ3) is 5.95. The Bertz CT molecular complexity index is 694. The number of hydrogen-bond acceptors (Lipinski definition) is 4. The predicted octanol–water partition coefficient (Wildman–Crippen LogP) is 3.35. The minimum atomic E-state index is -0.0515. The van der Waals surface area contributed by atoms with Gasteiger partial charge in [0.25, 0.3) is 0 Å². The molecule has 6 heteroatoms. The van der Waals surface area contributed by atoms with E-state index >= 15 is 0 Å². The molecule has 1 N–H and O–H groups in total. The molecule has 2 aliphatic heterocycles. The molecule has 2 heterocycles. The fourth-order valence-electron chi connectivity index (χ4n) is 4.40. The van der Waals surface area contributed by atoms with Crippen molar-refractivity contribution < 1.29 is 14.3 Å². The summed E-state index contributed by atoms with van der Waals surface area (Å²) in [6, 6.07) is 8.28. The van der Waals surface area contributed by atoms with E-state index in [1.165, 1.54) is 32.2 Å². The number of piperidine rings is 1. The second-order valence-corrected chi connectivity index (χ2v) is 8.20. The van der Waals surface area contributed by atoms with E-state index in [2.05, 4.69) is 17.1 Å². The zero-order valence-corrected chi connectivity index (χ0v) is 17.9. The maximum atomic E-state index is 12.7. The first kappa shape index (κ1) is 21.6. The van der Waals surface area contributed by atoms with Gasteiger partial charge in [0.05, 0.1) is 12.2 Å². The molecule has 0 saturated carbocycles. The van der Waals surface area contributed by atoms with Crippen LogP contribution in [0, 0.1) is 0 Å². The SMILES string of the molecule is CC[C@@H]1CCCCN1CCCNC(=O)CCC(=O)N1C[C@@H](C)Oc2ccccc21. The minimum Gasteiger partial charge on any atom is -0.487 e.